The molecule has 1 aromatic rings. The largest absolute Gasteiger partial charge is 0.399 e. The molecule has 0 amide bonds. The number of nitrogens with zero attached hydrogens (tertiary/aromatic N) is 1. The Labute approximate surface area is 96.1 Å². The highest BCUT2D eigenvalue weighted by atomic mass is 32.2. The summed E-state index contributed by atoms with van der Waals surface area (Å²) >= 11 is 0. The molecule has 0 saturated carbocycles. The van der Waals surface area contributed by atoms with Crippen molar-refractivity contribution in [3.8, 4) is 0 Å². The van der Waals surface area contributed by atoms with Crippen molar-refractivity contribution in [3.63, 3.8) is 0 Å². The molecular weight excluding hydrogens is 224 g/mol. The molecule has 0 spiro atoms. The van der Waals surface area contributed by atoms with Crippen LogP contribution in [0, 0.1) is 0 Å². The Morgan fingerprint density at radius 1 is 1.38 bits per heavy atom. The molecule has 1 aromatic carbocycles. The van der Waals surface area contributed by atoms with E-state index in [2.05, 4.69) is 0 Å². The van der Waals surface area contributed by atoms with Gasteiger partial charge in [0.15, 0.2) is 0 Å². The lowest BCUT2D eigenvalue weighted by atomic mass is 9.99. The highest BCUT2D eigenvalue weighted by molar-refractivity contribution is 7.94. The van der Waals surface area contributed by atoms with Crippen molar-refractivity contribution in [2.24, 2.45) is 0 Å². The number of rotatable bonds is 1. The molecule has 0 atom stereocenters. The van der Waals surface area contributed by atoms with Crippen LogP contribution in [-0.4, -0.2) is 15.0 Å². The number of nitrogen functional groups attached to an aromatic ring is 1. The summed E-state index contributed by atoms with van der Waals surface area (Å²) in [7, 11) is -3.31. The van der Waals surface area contributed by atoms with Gasteiger partial charge in [-0.1, -0.05) is 0 Å². The Bertz CT molecular complexity index is 535. The zero-order valence-electron chi connectivity index (χ0n) is 9.69. The second-order valence-electron chi connectivity index (χ2n) is 4.46. The molecule has 2 N–H and O–H groups in total. The molecule has 0 aromatic heterocycles. The SMILES string of the molecule is CCN1c2ccc(N)cc2C(C)(C)S1(=O)=O. The fourth-order valence-corrected chi connectivity index (χ4v) is 3.89. The molecule has 0 unspecified atom stereocenters. The predicted octanol–water partition coefficient (Wildman–Crippen LogP) is 1.67. The number of hydrogen-bond acceptors (Lipinski definition) is 3. The maximum Gasteiger partial charge on any atom is 0.244 e. The van der Waals surface area contributed by atoms with Gasteiger partial charge in [0, 0.05) is 17.8 Å². The zero-order valence-corrected chi connectivity index (χ0v) is 10.5. The lowest BCUT2D eigenvalue weighted by molar-refractivity contribution is 0.560. The zero-order chi connectivity index (χ0) is 12.1. The van der Waals surface area contributed by atoms with Gasteiger partial charge in [-0.05, 0) is 39.0 Å². The first kappa shape index (κ1) is 11.3. The number of benzene rings is 1. The third-order valence-corrected chi connectivity index (χ3v) is 5.71. The smallest absolute Gasteiger partial charge is 0.244 e. The minimum atomic E-state index is -3.31. The van der Waals surface area contributed by atoms with Crippen LogP contribution in [0.25, 0.3) is 0 Å². The van der Waals surface area contributed by atoms with Gasteiger partial charge >= 0.3 is 0 Å². The van der Waals surface area contributed by atoms with E-state index >= 15 is 0 Å². The van der Waals surface area contributed by atoms with Crippen molar-refractivity contribution in [2.75, 3.05) is 16.6 Å². The van der Waals surface area contributed by atoms with Gasteiger partial charge in [-0.15, -0.1) is 0 Å². The number of anilines is 2. The number of sulfonamides is 1. The van der Waals surface area contributed by atoms with E-state index in [0.717, 1.165) is 11.3 Å². The van der Waals surface area contributed by atoms with E-state index in [1.54, 1.807) is 32.0 Å². The number of fused-ring (bicyclic) bond motifs is 1. The highest BCUT2D eigenvalue weighted by Crippen LogP contribution is 2.47. The molecule has 1 heterocycles. The van der Waals surface area contributed by atoms with Gasteiger partial charge in [0.05, 0.1) is 5.69 Å². The second kappa shape index (κ2) is 3.13. The van der Waals surface area contributed by atoms with Crippen LogP contribution in [0.3, 0.4) is 0 Å². The molecule has 1 aliphatic rings. The predicted molar refractivity (Wildman–Crippen MR) is 65.8 cm³/mol. The molecule has 0 radical (unpaired) electrons. The van der Waals surface area contributed by atoms with Gasteiger partial charge in [-0.3, -0.25) is 4.31 Å². The summed E-state index contributed by atoms with van der Waals surface area (Å²) in [6.07, 6.45) is 0. The summed E-state index contributed by atoms with van der Waals surface area (Å²) in [5, 5.41) is 0. The quantitative estimate of drug-likeness (QED) is 0.759. The van der Waals surface area contributed by atoms with Gasteiger partial charge in [0.2, 0.25) is 10.0 Å². The molecule has 5 heteroatoms. The summed E-state index contributed by atoms with van der Waals surface area (Å²) < 4.78 is 25.1. The Morgan fingerprint density at radius 2 is 2.00 bits per heavy atom. The van der Waals surface area contributed by atoms with Crippen molar-refractivity contribution < 1.29 is 8.42 Å². The Kier molecular flexibility index (Phi) is 2.21. The molecular formula is C11H16N2O2S. The highest BCUT2D eigenvalue weighted by Gasteiger charge is 2.48. The molecule has 0 bridgehead atoms. The van der Waals surface area contributed by atoms with Crippen LogP contribution in [0.4, 0.5) is 11.4 Å². The average molecular weight is 240 g/mol. The topological polar surface area (TPSA) is 63.4 Å². The van der Waals surface area contributed by atoms with Crippen molar-refractivity contribution in [3.05, 3.63) is 23.8 Å². The third kappa shape index (κ3) is 1.18. The van der Waals surface area contributed by atoms with Crippen molar-refractivity contribution in [2.45, 2.75) is 25.5 Å². The molecule has 88 valence electrons. The molecule has 0 saturated heterocycles. The minimum Gasteiger partial charge on any atom is -0.399 e. The van der Waals surface area contributed by atoms with Gasteiger partial charge in [0.25, 0.3) is 0 Å². The van der Waals surface area contributed by atoms with Crippen LogP contribution < -0.4 is 10.0 Å². The maximum atomic E-state index is 12.3. The summed E-state index contributed by atoms with van der Waals surface area (Å²) in [5.74, 6) is 0. The van der Waals surface area contributed by atoms with Gasteiger partial charge in [-0.2, -0.15) is 0 Å². The molecule has 4 nitrogen and oxygen atoms in total. The number of nitrogens with two attached hydrogens (primary N) is 1. The Morgan fingerprint density at radius 3 is 2.56 bits per heavy atom. The third-order valence-electron chi connectivity index (χ3n) is 3.16. The van der Waals surface area contributed by atoms with Crippen LogP contribution in [0.5, 0.6) is 0 Å². The second-order valence-corrected chi connectivity index (χ2v) is 6.87. The summed E-state index contributed by atoms with van der Waals surface area (Å²) in [5.41, 5.74) is 7.85. The van der Waals surface area contributed by atoms with Gasteiger partial charge in [0.1, 0.15) is 4.75 Å². The summed E-state index contributed by atoms with van der Waals surface area (Å²) in [6, 6.07) is 5.27. The van der Waals surface area contributed by atoms with Gasteiger partial charge in [-0.25, -0.2) is 8.42 Å². The van der Waals surface area contributed by atoms with E-state index in [1.165, 1.54) is 4.31 Å². The van der Waals surface area contributed by atoms with E-state index in [4.69, 9.17) is 5.73 Å². The molecule has 0 aliphatic carbocycles. The first-order valence-electron chi connectivity index (χ1n) is 5.24. The van der Waals surface area contributed by atoms with Crippen LogP contribution in [0.15, 0.2) is 18.2 Å². The van der Waals surface area contributed by atoms with E-state index in [0.29, 0.717) is 12.2 Å². The van der Waals surface area contributed by atoms with Gasteiger partial charge < -0.3 is 5.73 Å². The lowest BCUT2D eigenvalue weighted by Gasteiger charge is -2.21. The first-order valence-corrected chi connectivity index (χ1v) is 6.68. The van der Waals surface area contributed by atoms with E-state index in [9.17, 15) is 8.42 Å². The molecule has 0 fully saturated rings. The van der Waals surface area contributed by atoms with E-state index in [1.807, 2.05) is 6.92 Å². The molecule has 16 heavy (non-hydrogen) atoms. The normalized spacial score (nSPS) is 20.8. The fraction of sp³-hybridized carbons (Fsp3) is 0.455. The molecule has 1 aliphatic heterocycles. The standard InChI is InChI=1S/C11H16N2O2S/c1-4-13-10-6-5-8(12)7-9(10)11(2,3)16(13,14)15/h5-7H,4,12H2,1-3H3. The van der Waals surface area contributed by atoms with Crippen molar-refractivity contribution >= 4 is 21.4 Å². The van der Waals surface area contributed by atoms with Crippen molar-refractivity contribution in [1.29, 1.82) is 0 Å². The first-order chi connectivity index (χ1) is 7.32. The van der Waals surface area contributed by atoms with Crippen molar-refractivity contribution in [1.82, 2.24) is 0 Å². The number of hydrogen-bond donors (Lipinski definition) is 1. The van der Waals surface area contributed by atoms with Crippen LogP contribution in [0.2, 0.25) is 0 Å². The lowest BCUT2D eigenvalue weighted by Crippen LogP contribution is -2.35. The maximum absolute atomic E-state index is 12.3. The summed E-state index contributed by atoms with van der Waals surface area (Å²) in [6.45, 7) is 5.72. The Balaban J connectivity index is 2.78. The Hall–Kier alpha value is -1.23. The van der Waals surface area contributed by atoms with Crippen LogP contribution in [-0.2, 0) is 14.8 Å². The average Bonchev–Trinajstić information content (AvgIpc) is 2.33. The van der Waals surface area contributed by atoms with Crippen LogP contribution in [0.1, 0.15) is 26.3 Å². The fourth-order valence-electron chi connectivity index (χ4n) is 2.14. The monoisotopic (exact) mass is 240 g/mol. The molecule has 2 rings (SSSR count). The summed E-state index contributed by atoms with van der Waals surface area (Å²) in [4.78, 5) is 0. The van der Waals surface area contributed by atoms with E-state index < -0.39 is 14.8 Å². The van der Waals surface area contributed by atoms with Crippen LogP contribution >= 0.6 is 0 Å². The van der Waals surface area contributed by atoms with E-state index in [-0.39, 0.29) is 0 Å². The minimum absolute atomic E-state index is 0.447.